The molecule has 0 spiro atoms. The zero-order valence-electron chi connectivity index (χ0n) is 11.9. The zero-order valence-corrected chi connectivity index (χ0v) is 13.4. The smallest absolute Gasteiger partial charge is 0.246 e. The summed E-state index contributed by atoms with van der Waals surface area (Å²) in [6.07, 6.45) is 1.71. The fourth-order valence-corrected chi connectivity index (χ4v) is 2.91. The molecule has 2 amide bonds. The third kappa shape index (κ3) is 3.96. The molecule has 2 rings (SSSR count). The van der Waals surface area contributed by atoms with E-state index in [1.165, 1.54) is 4.90 Å². The number of nitrogens with zero attached hydrogens (tertiary/aromatic N) is 1. The molecule has 0 radical (unpaired) electrons. The fraction of sp³-hybridized carbons (Fsp3) is 0.467. The maximum Gasteiger partial charge on any atom is 0.246 e. The lowest BCUT2D eigenvalue weighted by Gasteiger charge is -2.14. The molecule has 1 aliphatic rings. The minimum atomic E-state index is -0.407. The Hall–Kier alpha value is -1.10. The molecular weight excluding hydrogens is 311 g/mol. The molecule has 0 saturated carbocycles. The van der Waals surface area contributed by atoms with E-state index in [4.69, 9.17) is 23.2 Å². The van der Waals surface area contributed by atoms with E-state index < -0.39 is 6.04 Å². The molecule has 1 aliphatic heterocycles. The summed E-state index contributed by atoms with van der Waals surface area (Å²) in [5.74, 6) is -0.215. The molecule has 114 valence electrons. The summed E-state index contributed by atoms with van der Waals surface area (Å²) in [7, 11) is 0. The van der Waals surface area contributed by atoms with Gasteiger partial charge in [-0.15, -0.1) is 0 Å². The minimum Gasteiger partial charge on any atom is -0.305 e. The van der Waals surface area contributed by atoms with Gasteiger partial charge >= 0.3 is 0 Å². The lowest BCUT2D eigenvalue weighted by molar-refractivity contribution is -0.138. The summed E-state index contributed by atoms with van der Waals surface area (Å²) < 4.78 is 0. The van der Waals surface area contributed by atoms with E-state index in [1.54, 1.807) is 12.1 Å². The highest BCUT2D eigenvalue weighted by molar-refractivity contribution is 6.35. The van der Waals surface area contributed by atoms with Crippen molar-refractivity contribution in [1.82, 2.24) is 10.2 Å². The van der Waals surface area contributed by atoms with Crippen molar-refractivity contribution in [2.24, 2.45) is 0 Å². The van der Waals surface area contributed by atoms with Crippen LogP contribution in [0.1, 0.15) is 25.3 Å². The Labute approximate surface area is 134 Å². The van der Waals surface area contributed by atoms with Gasteiger partial charge in [0, 0.05) is 16.6 Å². The third-order valence-corrected chi connectivity index (χ3v) is 4.08. The summed E-state index contributed by atoms with van der Waals surface area (Å²) in [5, 5.41) is 4.35. The molecule has 21 heavy (non-hydrogen) atoms. The first-order valence-electron chi connectivity index (χ1n) is 7.04. The van der Waals surface area contributed by atoms with Crippen LogP contribution >= 0.6 is 23.2 Å². The van der Waals surface area contributed by atoms with Crippen LogP contribution in [-0.4, -0.2) is 35.8 Å². The SMILES string of the molecule is CCCN1C(=O)CC(NCCc2ccc(Cl)cc2Cl)C1=O. The summed E-state index contributed by atoms with van der Waals surface area (Å²) >= 11 is 11.9. The first kappa shape index (κ1) is 16.3. The number of benzene rings is 1. The van der Waals surface area contributed by atoms with Crippen molar-refractivity contribution in [2.75, 3.05) is 13.1 Å². The second-order valence-electron chi connectivity index (χ2n) is 5.08. The van der Waals surface area contributed by atoms with Gasteiger partial charge < -0.3 is 5.32 Å². The number of hydrogen-bond donors (Lipinski definition) is 1. The van der Waals surface area contributed by atoms with Crippen LogP contribution in [0.3, 0.4) is 0 Å². The second-order valence-corrected chi connectivity index (χ2v) is 5.92. The zero-order chi connectivity index (χ0) is 15.4. The third-order valence-electron chi connectivity index (χ3n) is 3.49. The van der Waals surface area contributed by atoms with Crippen molar-refractivity contribution in [2.45, 2.75) is 32.2 Å². The molecule has 6 heteroatoms. The molecule has 1 heterocycles. The number of rotatable bonds is 6. The molecule has 1 saturated heterocycles. The number of amides is 2. The number of likely N-dealkylation sites (tertiary alicyclic amines) is 1. The minimum absolute atomic E-state index is 0.0936. The van der Waals surface area contributed by atoms with Gasteiger partial charge in [0.2, 0.25) is 11.8 Å². The molecule has 1 fully saturated rings. The van der Waals surface area contributed by atoms with Gasteiger partial charge in [0.25, 0.3) is 0 Å². The predicted molar refractivity (Wildman–Crippen MR) is 83.6 cm³/mol. The van der Waals surface area contributed by atoms with Crippen LogP contribution in [0, 0.1) is 0 Å². The normalized spacial score (nSPS) is 18.6. The van der Waals surface area contributed by atoms with Crippen LogP contribution in [0.5, 0.6) is 0 Å². The Balaban J connectivity index is 1.86. The van der Waals surface area contributed by atoms with Crippen LogP contribution in [0.25, 0.3) is 0 Å². The van der Waals surface area contributed by atoms with Crippen molar-refractivity contribution in [3.63, 3.8) is 0 Å². The quantitative estimate of drug-likeness (QED) is 0.817. The van der Waals surface area contributed by atoms with Crippen LogP contribution in [0.2, 0.25) is 10.0 Å². The number of carbonyl (C=O) groups excluding carboxylic acids is 2. The monoisotopic (exact) mass is 328 g/mol. The van der Waals surface area contributed by atoms with E-state index in [1.807, 2.05) is 13.0 Å². The van der Waals surface area contributed by atoms with E-state index >= 15 is 0 Å². The lowest BCUT2D eigenvalue weighted by Crippen LogP contribution is -2.39. The molecule has 1 aromatic rings. The molecule has 0 aromatic heterocycles. The van der Waals surface area contributed by atoms with E-state index in [-0.39, 0.29) is 18.2 Å². The van der Waals surface area contributed by atoms with E-state index in [9.17, 15) is 9.59 Å². The van der Waals surface area contributed by atoms with E-state index in [0.29, 0.717) is 29.6 Å². The Kier molecular flexibility index (Phi) is 5.62. The topological polar surface area (TPSA) is 49.4 Å². The summed E-state index contributed by atoms with van der Waals surface area (Å²) in [4.78, 5) is 25.1. The van der Waals surface area contributed by atoms with Gasteiger partial charge in [-0.1, -0.05) is 36.2 Å². The van der Waals surface area contributed by atoms with Crippen LogP contribution in [0.4, 0.5) is 0 Å². The van der Waals surface area contributed by atoms with Crippen LogP contribution < -0.4 is 5.32 Å². The highest BCUT2D eigenvalue weighted by Crippen LogP contribution is 2.21. The fourth-order valence-electron chi connectivity index (χ4n) is 2.41. The van der Waals surface area contributed by atoms with Gasteiger partial charge in [-0.2, -0.15) is 0 Å². The molecule has 1 atom stereocenters. The first-order chi connectivity index (χ1) is 10.0. The van der Waals surface area contributed by atoms with Gasteiger partial charge in [-0.3, -0.25) is 14.5 Å². The molecule has 1 unspecified atom stereocenters. The molecule has 0 aliphatic carbocycles. The molecule has 0 bridgehead atoms. The van der Waals surface area contributed by atoms with E-state index in [0.717, 1.165) is 12.0 Å². The lowest BCUT2D eigenvalue weighted by atomic mass is 10.1. The Morgan fingerprint density at radius 3 is 2.76 bits per heavy atom. The summed E-state index contributed by atoms with van der Waals surface area (Å²) in [6, 6.07) is 4.95. The average molecular weight is 329 g/mol. The molecule has 1 N–H and O–H groups in total. The maximum absolute atomic E-state index is 12.1. The number of halogens is 2. The van der Waals surface area contributed by atoms with Gasteiger partial charge in [0.1, 0.15) is 0 Å². The Bertz CT molecular complexity index is 548. The van der Waals surface area contributed by atoms with Crippen molar-refractivity contribution in [3.8, 4) is 0 Å². The van der Waals surface area contributed by atoms with Crippen LogP contribution in [-0.2, 0) is 16.0 Å². The molecular formula is C15H18Cl2N2O2. The second kappa shape index (κ2) is 7.25. The highest BCUT2D eigenvalue weighted by atomic mass is 35.5. The van der Waals surface area contributed by atoms with Gasteiger partial charge in [0.05, 0.1) is 12.5 Å². The largest absolute Gasteiger partial charge is 0.305 e. The Morgan fingerprint density at radius 1 is 1.33 bits per heavy atom. The maximum atomic E-state index is 12.1. The van der Waals surface area contributed by atoms with Crippen molar-refractivity contribution in [1.29, 1.82) is 0 Å². The molecule has 4 nitrogen and oxygen atoms in total. The van der Waals surface area contributed by atoms with Crippen LogP contribution in [0.15, 0.2) is 18.2 Å². The summed E-state index contributed by atoms with van der Waals surface area (Å²) in [5.41, 5.74) is 0.968. The number of imide groups is 1. The first-order valence-corrected chi connectivity index (χ1v) is 7.80. The van der Waals surface area contributed by atoms with Crippen molar-refractivity contribution >= 4 is 35.0 Å². The number of hydrogen-bond acceptors (Lipinski definition) is 3. The van der Waals surface area contributed by atoms with Crippen molar-refractivity contribution < 1.29 is 9.59 Å². The number of carbonyl (C=O) groups is 2. The predicted octanol–water partition coefficient (Wildman–Crippen LogP) is 2.66. The summed E-state index contributed by atoms with van der Waals surface area (Å²) in [6.45, 7) is 3.04. The van der Waals surface area contributed by atoms with Gasteiger partial charge in [-0.05, 0) is 37.1 Å². The number of nitrogens with one attached hydrogen (secondary N) is 1. The Morgan fingerprint density at radius 2 is 2.10 bits per heavy atom. The average Bonchev–Trinajstić information content (AvgIpc) is 2.69. The van der Waals surface area contributed by atoms with E-state index in [2.05, 4.69) is 5.32 Å². The standard InChI is InChI=1S/C15H18Cl2N2O2/c1-2-7-19-14(20)9-13(15(19)21)18-6-5-10-3-4-11(16)8-12(10)17/h3-4,8,13,18H,2,5-7,9H2,1H3. The highest BCUT2D eigenvalue weighted by Gasteiger charge is 2.37. The molecule has 1 aromatic carbocycles. The van der Waals surface area contributed by atoms with Gasteiger partial charge in [0.15, 0.2) is 0 Å². The van der Waals surface area contributed by atoms with Gasteiger partial charge in [-0.25, -0.2) is 0 Å². The van der Waals surface area contributed by atoms with Crippen molar-refractivity contribution in [3.05, 3.63) is 33.8 Å².